The van der Waals surface area contributed by atoms with Gasteiger partial charge in [-0.05, 0) is 23.8 Å². The SMILES string of the molecule is O=C(Nc1ccnn1Cc1ccccc1Cl)c1cc(F)cc(F)c1. The fraction of sp³-hybridized carbons (Fsp3) is 0.0588. The third kappa shape index (κ3) is 3.60. The van der Waals surface area contributed by atoms with Gasteiger partial charge in [-0.25, -0.2) is 13.5 Å². The summed E-state index contributed by atoms with van der Waals surface area (Å²) in [7, 11) is 0. The van der Waals surface area contributed by atoms with E-state index in [-0.39, 0.29) is 5.56 Å². The molecule has 0 saturated heterocycles. The molecular weight excluding hydrogens is 336 g/mol. The van der Waals surface area contributed by atoms with Gasteiger partial charge in [-0.1, -0.05) is 29.8 Å². The second-order valence-corrected chi connectivity index (χ2v) is 5.48. The van der Waals surface area contributed by atoms with Crippen LogP contribution in [0.25, 0.3) is 0 Å². The number of carbonyl (C=O) groups excluding carboxylic acids is 1. The molecule has 0 aliphatic rings. The van der Waals surface area contributed by atoms with Gasteiger partial charge in [0, 0.05) is 22.7 Å². The number of rotatable bonds is 4. The highest BCUT2D eigenvalue weighted by atomic mass is 35.5. The predicted molar refractivity (Wildman–Crippen MR) is 87.1 cm³/mol. The Balaban J connectivity index is 1.80. The van der Waals surface area contributed by atoms with E-state index >= 15 is 0 Å². The summed E-state index contributed by atoms with van der Waals surface area (Å²) in [5.74, 6) is -1.87. The standard InChI is InChI=1S/C17H12ClF2N3O/c18-15-4-2-1-3-11(15)10-23-16(5-6-21-23)22-17(24)12-7-13(19)9-14(20)8-12/h1-9H,10H2,(H,22,24). The van der Waals surface area contributed by atoms with Crippen LogP contribution in [0.5, 0.6) is 0 Å². The maximum Gasteiger partial charge on any atom is 0.257 e. The molecule has 0 aliphatic carbocycles. The highest BCUT2D eigenvalue weighted by molar-refractivity contribution is 6.31. The molecule has 0 atom stereocenters. The molecule has 24 heavy (non-hydrogen) atoms. The lowest BCUT2D eigenvalue weighted by Gasteiger charge is -2.10. The van der Waals surface area contributed by atoms with Gasteiger partial charge in [0.05, 0.1) is 12.7 Å². The van der Waals surface area contributed by atoms with E-state index in [2.05, 4.69) is 10.4 Å². The highest BCUT2D eigenvalue weighted by Crippen LogP contribution is 2.18. The molecule has 0 fully saturated rings. The number of hydrogen-bond acceptors (Lipinski definition) is 2. The van der Waals surface area contributed by atoms with E-state index in [0.717, 1.165) is 17.7 Å². The van der Waals surface area contributed by atoms with Gasteiger partial charge in [-0.3, -0.25) is 4.79 Å². The van der Waals surface area contributed by atoms with E-state index < -0.39 is 17.5 Å². The van der Waals surface area contributed by atoms with Gasteiger partial charge in [0.15, 0.2) is 0 Å². The molecule has 1 amide bonds. The van der Waals surface area contributed by atoms with Gasteiger partial charge in [0.2, 0.25) is 0 Å². The van der Waals surface area contributed by atoms with Crippen molar-refractivity contribution in [1.29, 1.82) is 0 Å². The van der Waals surface area contributed by atoms with Crippen LogP contribution in [0.4, 0.5) is 14.6 Å². The van der Waals surface area contributed by atoms with Gasteiger partial charge in [-0.2, -0.15) is 5.10 Å². The van der Waals surface area contributed by atoms with Crippen LogP contribution < -0.4 is 5.32 Å². The van der Waals surface area contributed by atoms with Crippen molar-refractivity contribution in [2.24, 2.45) is 0 Å². The van der Waals surface area contributed by atoms with Crippen molar-refractivity contribution in [2.75, 3.05) is 5.32 Å². The first kappa shape index (κ1) is 16.1. The van der Waals surface area contributed by atoms with Gasteiger partial charge >= 0.3 is 0 Å². The first-order chi connectivity index (χ1) is 11.5. The Morgan fingerprint density at radius 2 is 1.83 bits per heavy atom. The zero-order chi connectivity index (χ0) is 17.1. The summed E-state index contributed by atoms with van der Waals surface area (Å²) in [6.07, 6.45) is 1.51. The maximum atomic E-state index is 13.2. The van der Waals surface area contributed by atoms with Crippen molar-refractivity contribution in [3.63, 3.8) is 0 Å². The molecule has 3 aromatic rings. The Bertz CT molecular complexity index is 875. The van der Waals surface area contributed by atoms with Gasteiger partial charge < -0.3 is 5.32 Å². The van der Waals surface area contributed by atoms with Crippen LogP contribution in [0.2, 0.25) is 5.02 Å². The molecule has 122 valence electrons. The molecule has 0 radical (unpaired) electrons. The summed E-state index contributed by atoms with van der Waals surface area (Å²) in [6, 6.07) is 11.5. The summed E-state index contributed by atoms with van der Waals surface area (Å²) in [5.41, 5.74) is 0.716. The normalized spacial score (nSPS) is 10.6. The average Bonchev–Trinajstić information content (AvgIpc) is 2.95. The molecule has 1 heterocycles. The summed E-state index contributed by atoms with van der Waals surface area (Å²) in [4.78, 5) is 12.2. The van der Waals surface area contributed by atoms with E-state index in [1.807, 2.05) is 18.2 Å². The first-order valence-electron chi connectivity index (χ1n) is 7.05. The zero-order valence-electron chi connectivity index (χ0n) is 12.3. The molecule has 0 saturated carbocycles. The minimum absolute atomic E-state index is 0.113. The number of anilines is 1. The van der Waals surface area contributed by atoms with Crippen molar-refractivity contribution < 1.29 is 13.6 Å². The van der Waals surface area contributed by atoms with Gasteiger partial charge in [0.25, 0.3) is 5.91 Å². The zero-order valence-corrected chi connectivity index (χ0v) is 13.1. The summed E-state index contributed by atoms with van der Waals surface area (Å²) in [6.45, 7) is 0.347. The quantitative estimate of drug-likeness (QED) is 0.772. The van der Waals surface area contributed by atoms with Crippen LogP contribution in [0.15, 0.2) is 54.7 Å². The molecule has 7 heteroatoms. The van der Waals surface area contributed by atoms with E-state index in [0.29, 0.717) is 23.5 Å². The monoisotopic (exact) mass is 347 g/mol. The summed E-state index contributed by atoms with van der Waals surface area (Å²) in [5, 5.41) is 7.30. The van der Waals surface area contributed by atoms with Gasteiger partial charge in [0.1, 0.15) is 17.5 Å². The Hall–Kier alpha value is -2.73. The van der Waals surface area contributed by atoms with Crippen molar-refractivity contribution in [1.82, 2.24) is 9.78 Å². The Labute approximate surface area is 141 Å². The third-order valence-electron chi connectivity index (χ3n) is 3.36. The molecule has 0 spiro atoms. The number of hydrogen-bond donors (Lipinski definition) is 1. The molecule has 0 aliphatic heterocycles. The van der Waals surface area contributed by atoms with Crippen LogP contribution in [0, 0.1) is 11.6 Å². The second kappa shape index (κ2) is 6.80. The molecule has 0 unspecified atom stereocenters. The molecule has 1 N–H and O–H groups in total. The number of halogens is 3. The van der Waals surface area contributed by atoms with E-state index in [1.165, 1.54) is 10.9 Å². The second-order valence-electron chi connectivity index (χ2n) is 5.08. The molecule has 0 bridgehead atoms. The highest BCUT2D eigenvalue weighted by Gasteiger charge is 2.13. The van der Waals surface area contributed by atoms with E-state index in [9.17, 15) is 13.6 Å². The minimum atomic E-state index is -0.815. The van der Waals surface area contributed by atoms with Crippen LogP contribution in [0.1, 0.15) is 15.9 Å². The van der Waals surface area contributed by atoms with Crippen molar-refractivity contribution in [3.05, 3.63) is 82.5 Å². The number of benzene rings is 2. The lowest BCUT2D eigenvalue weighted by Crippen LogP contribution is -2.16. The van der Waals surface area contributed by atoms with Crippen molar-refractivity contribution in [2.45, 2.75) is 6.54 Å². The summed E-state index contributed by atoms with van der Waals surface area (Å²) >= 11 is 6.12. The van der Waals surface area contributed by atoms with Crippen LogP contribution >= 0.6 is 11.6 Å². The van der Waals surface area contributed by atoms with Crippen molar-refractivity contribution >= 4 is 23.3 Å². The lowest BCUT2D eigenvalue weighted by molar-refractivity contribution is 0.102. The largest absolute Gasteiger partial charge is 0.307 e. The number of nitrogens with one attached hydrogen (secondary N) is 1. The molecule has 2 aromatic carbocycles. The Morgan fingerprint density at radius 1 is 1.12 bits per heavy atom. The Kier molecular flexibility index (Phi) is 4.57. The van der Waals surface area contributed by atoms with Crippen molar-refractivity contribution in [3.8, 4) is 0 Å². The summed E-state index contributed by atoms with van der Waals surface area (Å²) < 4.78 is 28.0. The average molecular weight is 348 g/mol. The van der Waals surface area contributed by atoms with Crippen LogP contribution in [-0.4, -0.2) is 15.7 Å². The molecular formula is C17H12ClF2N3O. The van der Waals surface area contributed by atoms with Crippen LogP contribution in [0.3, 0.4) is 0 Å². The fourth-order valence-corrected chi connectivity index (χ4v) is 2.42. The number of nitrogens with zero attached hydrogens (tertiary/aromatic N) is 2. The predicted octanol–water partition coefficient (Wildman–Crippen LogP) is 4.12. The van der Waals surface area contributed by atoms with E-state index in [4.69, 9.17) is 11.6 Å². The fourth-order valence-electron chi connectivity index (χ4n) is 2.23. The lowest BCUT2D eigenvalue weighted by atomic mass is 10.2. The maximum absolute atomic E-state index is 13.2. The third-order valence-corrected chi connectivity index (χ3v) is 3.73. The number of carbonyl (C=O) groups is 1. The smallest absolute Gasteiger partial charge is 0.257 e. The molecule has 3 rings (SSSR count). The first-order valence-corrected chi connectivity index (χ1v) is 7.43. The minimum Gasteiger partial charge on any atom is -0.307 e. The number of amides is 1. The topological polar surface area (TPSA) is 46.9 Å². The van der Waals surface area contributed by atoms with Crippen LogP contribution in [-0.2, 0) is 6.54 Å². The van der Waals surface area contributed by atoms with E-state index in [1.54, 1.807) is 12.1 Å². The van der Waals surface area contributed by atoms with Gasteiger partial charge in [-0.15, -0.1) is 0 Å². The number of aromatic nitrogens is 2. The Morgan fingerprint density at radius 3 is 2.54 bits per heavy atom. The molecule has 1 aromatic heterocycles. The molecule has 4 nitrogen and oxygen atoms in total.